The van der Waals surface area contributed by atoms with Gasteiger partial charge in [0.1, 0.15) is 11.4 Å². The molecule has 0 atom stereocenters. The maximum absolute atomic E-state index is 14.1. The summed E-state index contributed by atoms with van der Waals surface area (Å²) in [7, 11) is 0. The van der Waals surface area contributed by atoms with Gasteiger partial charge in [-0.3, -0.25) is 4.90 Å². The molecular formula is C17H25FN2O2. The molecule has 0 bridgehead atoms. The van der Waals surface area contributed by atoms with Crippen molar-refractivity contribution in [2.45, 2.75) is 52.3 Å². The van der Waals surface area contributed by atoms with Crippen molar-refractivity contribution in [1.82, 2.24) is 10.2 Å². The molecule has 1 aromatic rings. The van der Waals surface area contributed by atoms with Crippen molar-refractivity contribution < 1.29 is 13.9 Å². The van der Waals surface area contributed by atoms with E-state index in [-0.39, 0.29) is 12.4 Å². The van der Waals surface area contributed by atoms with Gasteiger partial charge >= 0.3 is 6.09 Å². The molecule has 1 amide bonds. The molecule has 0 spiro atoms. The first-order valence-corrected chi connectivity index (χ1v) is 7.80. The Morgan fingerprint density at radius 3 is 2.59 bits per heavy atom. The number of carbonyl (C=O) groups is 1. The van der Waals surface area contributed by atoms with Gasteiger partial charge in [-0.15, -0.1) is 0 Å². The number of rotatable bonds is 4. The summed E-state index contributed by atoms with van der Waals surface area (Å²) < 4.78 is 19.3. The Morgan fingerprint density at radius 2 is 2.00 bits per heavy atom. The lowest BCUT2D eigenvalue weighted by Crippen LogP contribution is -2.32. The quantitative estimate of drug-likeness (QED) is 0.926. The smallest absolute Gasteiger partial charge is 0.407 e. The van der Waals surface area contributed by atoms with E-state index in [9.17, 15) is 9.18 Å². The molecule has 0 radical (unpaired) electrons. The summed E-state index contributed by atoms with van der Waals surface area (Å²) in [6.45, 7) is 8.42. The normalized spacial score (nSPS) is 15.8. The fourth-order valence-corrected chi connectivity index (χ4v) is 2.50. The fourth-order valence-electron chi connectivity index (χ4n) is 2.50. The monoisotopic (exact) mass is 308 g/mol. The lowest BCUT2D eigenvalue weighted by Gasteiger charge is -2.20. The van der Waals surface area contributed by atoms with E-state index < -0.39 is 11.7 Å². The van der Waals surface area contributed by atoms with Gasteiger partial charge in [-0.05, 0) is 58.3 Å². The molecule has 1 heterocycles. The first kappa shape index (κ1) is 16.7. The molecule has 22 heavy (non-hydrogen) atoms. The highest BCUT2D eigenvalue weighted by Gasteiger charge is 2.16. The first-order chi connectivity index (χ1) is 10.3. The Hall–Kier alpha value is -1.62. The van der Waals surface area contributed by atoms with E-state index in [0.29, 0.717) is 12.1 Å². The average molecular weight is 308 g/mol. The topological polar surface area (TPSA) is 41.6 Å². The highest BCUT2D eigenvalue weighted by molar-refractivity contribution is 5.67. The molecule has 0 aromatic heterocycles. The Labute approximate surface area is 131 Å². The number of hydrogen-bond acceptors (Lipinski definition) is 3. The molecule has 1 aromatic carbocycles. The molecule has 0 saturated carbocycles. The van der Waals surface area contributed by atoms with Crippen molar-refractivity contribution in [2.75, 3.05) is 13.1 Å². The number of ether oxygens (including phenoxy) is 1. The summed E-state index contributed by atoms with van der Waals surface area (Å²) in [5.74, 6) is -0.213. The molecule has 1 aliphatic heterocycles. The van der Waals surface area contributed by atoms with Gasteiger partial charge in [0.05, 0.1) is 0 Å². The van der Waals surface area contributed by atoms with E-state index in [4.69, 9.17) is 4.74 Å². The van der Waals surface area contributed by atoms with Crippen LogP contribution in [0, 0.1) is 5.82 Å². The summed E-state index contributed by atoms with van der Waals surface area (Å²) >= 11 is 0. The van der Waals surface area contributed by atoms with Crippen LogP contribution in [0.2, 0.25) is 0 Å². The zero-order valence-electron chi connectivity index (χ0n) is 13.6. The minimum atomic E-state index is -0.533. The summed E-state index contributed by atoms with van der Waals surface area (Å²) in [6.07, 6.45) is 1.90. The number of amides is 1. The van der Waals surface area contributed by atoms with Gasteiger partial charge in [0.2, 0.25) is 0 Å². The number of nitrogens with zero attached hydrogens (tertiary/aromatic N) is 1. The molecule has 122 valence electrons. The van der Waals surface area contributed by atoms with Crippen LogP contribution in [-0.2, 0) is 17.8 Å². The lowest BCUT2D eigenvalue weighted by molar-refractivity contribution is 0.0523. The van der Waals surface area contributed by atoms with Gasteiger partial charge in [0.15, 0.2) is 0 Å². The molecule has 1 N–H and O–H groups in total. The van der Waals surface area contributed by atoms with Crippen molar-refractivity contribution in [2.24, 2.45) is 0 Å². The molecule has 2 rings (SSSR count). The number of alkyl carbamates (subject to hydrolysis) is 1. The molecule has 1 saturated heterocycles. The van der Waals surface area contributed by atoms with Gasteiger partial charge in [0, 0.05) is 18.7 Å². The van der Waals surface area contributed by atoms with E-state index in [1.807, 2.05) is 6.07 Å². The van der Waals surface area contributed by atoms with E-state index >= 15 is 0 Å². The summed E-state index contributed by atoms with van der Waals surface area (Å²) in [5, 5.41) is 2.64. The third-order valence-electron chi connectivity index (χ3n) is 3.55. The molecular weight excluding hydrogens is 283 g/mol. The second-order valence-corrected chi connectivity index (χ2v) is 6.76. The standard InChI is InChI=1S/C17H25FN2O2/c1-17(2,3)22-16(21)19-11-13-6-7-14(15(18)10-13)12-20-8-4-5-9-20/h6-7,10H,4-5,8-9,11-12H2,1-3H3,(H,19,21). The fraction of sp³-hybridized carbons (Fsp3) is 0.588. The van der Waals surface area contributed by atoms with Crippen molar-refractivity contribution in [3.05, 3.63) is 35.1 Å². The van der Waals surface area contributed by atoms with Crippen molar-refractivity contribution >= 4 is 6.09 Å². The summed E-state index contributed by atoms with van der Waals surface area (Å²) in [4.78, 5) is 13.8. The van der Waals surface area contributed by atoms with Crippen LogP contribution >= 0.6 is 0 Å². The molecule has 5 heteroatoms. The molecule has 0 aliphatic carbocycles. The van der Waals surface area contributed by atoms with Gasteiger partial charge < -0.3 is 10.1 Å². The van der Waals surface area contributed by atoms with E-state index in [1.165, 1.54) is 18.9 Å². The Balaban J connectivity index is 1.87. The van der Waals surface area contributed by atoms with Crippen LogP contribution in [0.15, 0.2) is 18.2 Å². The highest BCUT2D eigenvalue weighted by Crippen LogP contribution is 2.16. The minimum Gasteiger partial charge on any atom is -0.444 e. The second kappa shape index (κ2) is 7.09. The zero-order chi connectivity index (χ0) is 16.2. The van der Waals surface area contributed by atoms with E-state index in [1.54, 1.807) is 26.8 Å². The second-order valence-electron chi connectivity index (χ2n) is 6.76. The number of halogens is 1. The maximum Gasteiger partial charge on any atom is 0.407 e. The van der Waals surface area contributed by atoms with E-state index in [2.05, 4.69) is 10.2 Å². The third kappa shape index (κ3) is 5.30. The Kier molecular flexibility index (Phi) is 5.40. The highest BCUT2D eigenvalue weighted by atomic mass is 19.1. The molecule has 1 aliphatic rings. The van der Waals surface area contributed by atoms with Gasteiger partial charge in [-0.1, -0.05) is 12.1 Å². The SMILES string of the molecule is CC(C)(C)OC(=O)NCc1ccc(CN2CCCC2)c(F)c1. The van der Waals surface area contributed by atoms with Gasteiger partial charge in [0.25, 0.3) is 0 Å². The van der Waals surface area contributed by atoms with Crippen molar-refractivity contribution in [3.8, 4) is 0 Å². The summed E-state index contributed by atoms with van der Waals surface area (Å²) in [6, 6.07) is 5.15. The number of benzene rings is 1. The number of likely N-dealkylation sites (tertiary alicyclic amines) is 1. The maximum atomic E-state index is 14.1. The third-order valence-corrected chi connectivity index (χ3v) is 3.55. The predicted molar refractivity (Wildman–Crippen MR) is 84.0 cm³/mol. The van der Waals surface area contributed by atoms with E-state index in [0.717, 1.165) is 18.7 Å². The van der Waals surface area contributed by atoms with Crippen LogP contribution in [0.4, 0.5) is 9.18 Å². The van der Waals surface area contributed by atoms with Crippen LogP contribution in [0.25, 0.3) is 0 Å². The van der Waals surface area contributed by atoms with Crippen LogP contribution < -0.4 is 5.32 Å². The van der Waals surface area contributed by atoms with Crippen LogP contribution in [0.5, 0.6) is 0 Å². The Morgan fingerprint density at radius 1 is 1.32 bits per heavy atom. The molecule has 1 fully saturated rings. The Bertz CT molecular complexity index is 520. The lowest BCUT2D eigenvalue weighted by atomic mass is 10.1. The number of carbonyl (C=O) groups excluding carboxylic acids is 1. The molecule has 4 nitrogen and oxygen atoms in total. The number of nitrogens with one attached hydrogen (secondary N) is 1. The van der Waals surface area contributed by atoms with Crippen molar-refractivity contribution in [3.63, 3.8) is 0 Å². The average Bonchev–Trinajstić information content (AvgIpc) is 2.90. The largest absolute Gasteiger partial charge is 0.444 e. The van der Waals surface area contributed by atoms with Gasteiger partial charge in [-0.25, -0.2) is 9.18 Å². The van der Waals surface area contributed by atoms with Crippen molar-refractivity contribution in [1.29, 1.82) is 0 Å². The van der Waals surface area contributed by atoms with Crippen LogP contribution in [-0.4, -0.2) is 29.7 Å². The van der Waals surface area contributed by atoms with Crippen LogP contribution in [0.1, 0.15) is 44.7 Å². The first-order valence-electron chi connectivity index (χ1n) is 7.80. The minimum absolute atomic E-state index is 0.213. The summed E-state index contributed by atoms with van der Waals surface area (Å²) in [5.41, 5.74) is 0.908. The predicted octanol–water partition coefficient (Wildman–Crippen LogP) is 3.45. The van der Waals surface area contributed by atoms with Crippen LogP contribution in [0.3, 0.4) is 0 Å². The number of hydrogen-bond donors (Lipinski definition) is 1. The molecule has 0 unspecified atom stereocenters. The van der Waals surface area contributed by atoms with Gasteiger partial charge in [-0.2, -0.15) is 0 Å². The zero-order valence-corrected chi connectivity index (χ0v) is 13.6.